The largest absolute Gasteiger partial charge is 0.311 e. The average Bonchev–Trinajstić information content (AvgIpc) is 3.40. The Hall–Kier alpha value is -3.32. The fourth-order valence-electron chi connectivity index (χ4n) is 3.69. The molecular weight excluding hydrogens is 408 g/mol. The van der Waals surface area contributed by atoms with Crippen LogP contribution in [0, 0.1) is 0 Å². The normalized spacial score (nSPS) is 16.6. The zero-order valence-corrected chi connectivity index (χ0v) is 18.4. The molecule has 31 heavy (non-hydrogen) atoms. The van der Waals surface area contributed by atoms with Crippen LogP contribution in [-0.4, -0.2) is 28.6 Å². The maximum Gasteiger partial charge on any atom is 0.253 e. The quantitative estimate of drug-likeness (QED) is 0.575. The second-order valence-electron chi connectivity index (χ2n) is 7.53. The minimum Gasteiger partial charge on any atom is -0.311 e. The number of rotatable bonds is 6. The summed E-state index contributed by atoms with van der Waals surface area (Å²) in [6.07, 6.45) is 3.10. The lowest BCUT2D eigenvalue weighted by atomic mass is 10.1. The lowest BCUT2D eigenvalue weighted by Gasteiger charge is -2.19. The van der Waals surface area contributed by atoms with E-state index in [0.717, 1.165) is 28.2 Å². The Morgan fingerprint density at radius 1 is 1.16 bits per heavy atom. The molecule has 7 heteroatoms. The predicted molar refractivity (Wildman–Crippen MR) is 124 cm³/mol. The van der Waals surface area contributed by atoms with Gasteiger partial charge in [-0.1, -0.05) is 66.8 Å². The number of para-hydroxylation sites is 1. The summed E-state index contributed by atoms with van der Waals surface area (Å²) in [5, 5.41) is 12.4. The smallest absolute Gasteiger partial charge is 0.253 e. The van der Waals surface area contributed by atoms with Crippen LogP contribution in [0.4, 0.5) is 10.8 Å². The first-order valence-electron chi connectivity index (χ1n) is 10.3. The van der Waals surface area contributed by atoms with Crippen molar-refractivity contribution in [3.8, 4) is 0 Å². The van der Waals surface area contributed by atoms with Crippen molar-refractivity contribution in [1.82, 2.24) is 10.2 Å². The highest BCUT2D eigenvalue weighted by Crippen LogP contribution is 2.35. The van der Waals surface area contributed by atoms with Crippen molar-refractivity contribution in [3.63, 3.8) is 0 Å². The molecule has 1 fully saturated rings. The van der Waals surface area contributed by atoms with Crippen molar-refractivity contribution in [3.05, 3.63) is 76.3 Å². The van der Waals surface area contributed by atoms with E-state index in [1.54, 1.807) is 6.92 Å². The molecule has 1 unspecified atom stereocenters. The Labute approximate surface area is 185 Å². The van der Waals surface area contributed by atoms with E-state index in [1.165, 1.54) is 11.3 Å². The second-order valence-corrected chi connectivity index (χ2v) is 8.53. The molecule has 3 aromatic rings. The zero-order valence-electron chi connectivity index (χ0n) is 17.5. The summed E-state index contributed by atoms with van der Waals surface area (Å²) in [5.74, 6) is -0.151. The van der Waals surface area contributed by atoms with Gasteiger partial charge in [0.1, 0.15) is 5.01 Å². The van der Waals surface area contributed by atoms with Gasteiger partial charge in [-0.2, -0.15) is 0 Å². The summed E-state index contributed by atoms with van der Waals surface area (Å²) < 4.78 is 0. The molecule has 1 saturated heterocycles. The number of carbonyl (C=O) groups is 2. The van der Waals surface area contributed by atoms with E-state index in [-0.39, 0.29) is 17.7 Å². The highest BCUT2D eigenvalue weighted by molar-refractivity contribution is 7.15. The van der Waals surface area contributed by atoms with Crippen LogP contribution < -0.4 is 10.2 Å². The molecule has 0 radical (unpaired) electrons. The van der Waals surface area contributed by atoms with Crippen LogP contribution in [-0.2, 0) is 16.0 Å². The molecule has 0 spiro atoms. The third-order valence-electron chi connectivity index (χ3n) is 5.34. The van der Waals surface area contributed by atoms with Gasteiger partial charge in [0.2, 0.25) is 11.0 Å². The summed E-state index contributed by atoms with van der Waals surface area (Å²) in [6.45, 7) is 4.43. The van der Waals surface area contributed by atoms with E-state index in [4.69, 9.17) is 0 Å². The number of nitrogens with one attached hydrogen (secondary N) is 1. The van der Waals surface area contributed by atoms with Gasteiger partial charge in [0.05, 0.1) is 0 Å². The molecule has 1 N–H and O–H groups in total. The molecule has 2 aromatic carbocycles. The Morgan fingerprint density at radius 3 is 2.68 bits per heavy atom. The van der Waals surface area contributed by atoms with Crippen LogP contribution >= 0.6 is 11.3 Å². The van der Waals surface area contributed by atoms with E-state index in [9.17, 15) is 9.59 Å². The van der Waals surface area contributed by atoms with Crippen LogP contribution in [0.3, 0.4) is 0 Å². The number of hydrogen-bond acceptors (Lipinski definition) is 5. The lowest BCUT2D eigenvalue weighted by Crippen LogP contribution is -2.25. The monoisotopic (exact) mass is 432 g/mol. The van der Waals surface area contributed by atoms with Gasteiger partial charge in [0, 0.05) is 30.1 Å². The van der Waals surface area contributed by atoms with Gasteiger partial charge in [-0.15, -0.1) is 10.2 Å². The summed E-state index contributed by atoms with van der Waals surface area (Å²) >= 11 is 1.33. The van der Waals surface area contributed by atoms with Crippen molar-refractivity contribution in [2.75, 3.05) is 16.8 Å². The molecule has 0 saturated carbocycles. The number of benzene rings is 2. The van der Waals surface area contributed by atoms with Crippen LogP contribution in [0.25, 0.3) is 6.08 Å². The van der Waals surface area contributed by atoms with Gasteiger partial charge in [-0.25, -0.2) is 0 Å². The highest BCUT2D eigenvalue weighted by atomic mass is 32.1. The van der Waals surface area contributed by atoms with Gasteiger partial charge in [0.15, 0.2) is 0 Å². The molecule has 4 rings (SSSR count). The number of hydrogen-bond donors (Lipinski definition) is 1. The number of amides is 2. The topological polar surface area (TPSA) is 75.2 Å². The van der Waals surface area contributed by atoms with Gasteiger partial charge < -0.3 is 4.90 Å². The van der Waals surface area contributed by atoms with E-state index in [1.807, 2.05) is 59.5 Å². The fourth-order valence-corrected chi connectivity index (χ4v) is 4.52. The lowest BCUT2D eigenvalue weighted by molar-refractivity contribution is -0.117. The summed E-state index contributed by atoms with van der Waals surface area (Å²) in [6, 6.07) is 17.7. The van der Waals surface area contributed by atoms with Crippen LogP contribution in [0.2, 0.25) is 0 Å². The molecule has 1 aliphatic heterocycles. The molecule has 1 aromatic heterocycles. The first kappa shape index (κ1) is 20.9. The maximum atomic E-state index is 12.7. The van der Waals surface area contributed by atoms with Crippen LogP contribution in [0.15, 0.2) is 60.2 Å². The first-order chi connectivity index (χ1) is 15.0. The average molecular weight is 433 g/mol. The van der Waals surface area contributed by atoms with Crippen LogP contribution in [0.1, 0.15) is 42.3 Å². The highest BCUT2D eigenvalue weighted by Gasteiger charge is 2.34. The zero-order chi connectivity index (χ0) is 21.8. The van der Waals surface area contributed by atoms with E-state index in [2.05, 4.69) is 28.5 Å². The van der Waals surface area contributed by atoms with E-state index >= 15 is 0 Å². The number of anilines is 2. The van der Waals surface area contributed by atoms with Crippen LogP contribution in [0.5, 0.6) is 0 Å². The molecule has 2 heterocycles. The Morgan fingerprint density at radius 2 is 1.90 bits per heavy atom. The number of aryl methyl sites for hydroxylation is 1. The minimum atomic E-state index is -0.215. The maximum absolute atomic E-state index is 12.7. The molecule has 2 amide bonds. The van der Waals surface area contributed by atoms with Gasteiger partial charge in [0.25, 0.3) is 5.91 Å². The van der Waals surface area contributed by atoms with Gasteiger partial charge in [-0.3, -0.25) is 14.9 Å². The summed E-state index contributed by atoms with van der Waals surface area (Å²) in [7, 11) is 0. The predicted octanol–water partition coefficient (Wildman–Crippen LogP) is 4.66. The Kier molecular flexibility index (Phi) is 6.23. The van der Waals surface area contributed by atoms with Crippen molar-refractivity contribution < 1.29 is 9.59 Å². The fraction of sp³-hybridized carbons (Fsp3) is 0.250. The van der Waals surface area contributed by atoms with Crippen molar-refractivity contribution in [1.29, 1.82) is 0 Å². The second kappa shape index (κ2) is 9.22. The SMILES string of the molecule is CCc1ccccc1N1CC(c2nnc(NC(=O)/C(C)=C/c3ccccc3)s2)CC1=O. The molecule has 1 aliphatic rings. The number of nitrogens with zero attached hydrogens (tertiary/aromatic N) is 3. The molecular formula is C24H24N4O2S. The molecule has 1 atom stereocenters. The summed E-state index contributed by atoms with van der Waals surface area (Å²) in [5.41, 5.74) is 3.67. The van der Waals surface area contributed by atoms with Crippen molar-refractivity contribution in [2.45, 2.75) is 32.6 Å². The first-order valence-corrected chi connectivity index (χ1v) is 11.1. The van der Waals surface area contributed by atoms with E-state index < -0.39 is 0 Å². The van der Waals surface area contributed by atoms with Gasteiger partial charge >= 0.3 is 0 Å². The minimum absolute atomic E-state index is 0.0264. The molecule has 0 bridgehead atoms. The van der Waals surface area contributed by atoms with E-state index in [0.29, 0.717) is 23.7 Å². The third kappa shape index (κ3) is 4.72. The standard InChI is InChI=1S/C24H24N4O2S/c1-3-18-11-7-8-12-20(18)28-15-19(14-21(28)29)23-26-27-24(31-23)25-22(30)16(2)13-17-9-5-4-6-10-17/h4-13,19H,3,14-15H2,1-2H3,(H,25,27,30)/b16-13+. The Balaban J connectivity index is 1.44. The third-order valence-corrected chi connectivity index (χ3v) is 6.34. The molecule has 158 valence electrons. The van der Waals surface area contributed by atoms with Crippen molar-refractivity contribution in [2.24, 2.45) is 0 Å². The molecule has 6 nitrogen and oxygen atoms in total. The summed E-state index contributed by atoms with van der Waals surface area (Å²) in [4.78, 5) is 27.0. The van der Waals surface area contributed by atoms with Gasteiger partial charge in [-0.05, 0) is 36.6 Å². The van der Waals surface area contributed by atoms with Crippen molar-refractivity contribution >= 4 is 40.0 Å². The Bertz CT molecular complexity index is 1120. The number of carbonyl (C=O) groups excluding carboxylic acids is 2. The number of aromatic nitrogens is 2. The molecule has 0 aliphatic carbocycles.